The van der Waals surface area contributed by atoms with E-state index in [1.54, 1.807) is 44.3 Å². The first-order valence-corrected chi connectivity index (χ1v) is 10.7. The molecule has 1 heterocycles. The average molecular weight is 420 g/mol. The van der Waals surface area contributed by atoms with Gasteiger partial charge < -0.3 is 4.90 Å². The summed E-state index contributed by atoms with van der Waals surface area (Å²) in [7, 11) is -2.23. The highest BCUT2D eigenvalue weighted by Gasteiger charge is 2.23. The Labute approximate surface area is 166 Å². The quantitative estimate of drug-likeness (QED) is 0.686. The van der Waals surface area contributed by atoms with E-state index in [1.807, 2.05) is 0 Å². The monoisotopic (exact) mass is 419 g/mol. The van der Waals surface area contributed by atoms with Crippen molar-refractivity contribution in [3.63, 3.8) is 0 Å². The number of hydrogen-bond donors (Lipinski definition) is 1. The van der Waals surface area contributed by atoms with Gasteiger partial charge in [0.15, 0.2) is 0 Å². The molecule has 0 saturated carbocycles. The lowest BCUT2D eigenvalue weighted by molar-refractivity contribution is 0.0747. The first-order valence-electron chi connectivity index (χ1n) is 8.29. The van der Waals surface area contributed by atoms with E-state index < -0.39 is 21.9 Å². The molecule has 0 radical (unpaired) electrons. The highest BCUT2D eigenvalue weighted by atomic mass is 32.2. The third kappa shape index (κ3) is 4.11. The van der Waals surface area contributed by atoms with Crippen LogP contribution in [-0.2, 0) is 10.0 Å². The summed E-state index contributed by atoms with van der Waals surface area (Å²) in [5, 5.41) is 5.59. The van der Waals surface area contributed by atoms with Crippen molar-refractivity contribution in [3.8, 4) is 10.6 Å². The maximum Gasteiger partial charge on any atom is 0.265 e. The molecule has 1 atom stereocenters. The number of thiazole rings is 1. The average Bonchev–Trinajstić information content (AvgIpc) is 3.16. The van der Waals surface area contributed by atoms with Crippen LogP contribution < -0.4 is 5.14 Å². The Balaban J connectivity index is 1.84. The molecule has 0 saturated heterocycles. The lowest BCUT2D eigenvalue weighted by Gasteiger charge is -2.25. The van der Waals surface area contributed by atoms with Gasteiger partial charge in [0, 0.05) is 12.6 Å². The molecule has 0 aliphatic carbocycles. The smallest absolute Gasteiger partial charge is 0.265 e. The van der Waals surface area contributed by atoms with Gasteiger partial charge in [0.05, 0.1) is 17.1 Å². The zero-order chi connectivity index (χ0) is 20.5. The number of carbonyl (C=O) groups is 1. The molecule has 3 aromatic rings. The van der Waals surface area contributed by atoms with Crippen LogP contribution in [-0.4, -0.2) is 31.3 Å². The molecule has 1 amide bonds. The summed E-state index contributed by atoms with van der Waals surface area (Å²) in [6, 6.07) is 12.0. The van der Waals surface area contributed by atoms with Gasteiger partial charge in [0.2, 0.25) is 10.0 Å². The molecule has 2 aromatic carbocycles. The fourth-order valence-electron chi connectivity index (χ4n) is 2.66. The van der Waals surface area contributed by atoms with E-state index in [0.29, 0.717) is 21.0 Å². The van der Waals surface area contributed by atoms with Crippen LogP contribution in [0.25, 0.3) is 10.6 Å². The highest BCUT2D eigenvalue weighted by Crippen LogP contribution is 2.29. The Morgan fingerprint density at radius 1 is 1.21 bits per heavy atom. The summed E-state index contributed by atoms with van der Waals surface area (Å²) in [5.41, 5.74) is 0.962. The fourth-order valence-corrected chi connectivity index (χ4v) is 4.15. The molecule has 0 fully saturated rings. The minimum atomic E-state index is -3.84. The maximum absolute atomic E-state index is 13.9. The molecule has 28 heavy (non-hydrogen) atoms. The molecule has 0 spiro atoms. The number of nitrogens with two attached hydrogens (primary N) is 1. The van der Waals surface area contributed by atoms with Gasteiger partial charge >= 0.3 is 0 Å². The standard InChI is InChI=1S/C19H18FN3O3S2/c1-12(13-6-5-7-14(10-13)28(21,25)26)23(2)19(24)17-11-22-18(27-17)15-8-3-4-9-16(15)20/h3-12H,1-2H3,(H2,21,25,26). The third-order valence-corrected chi connectivity index (χ3v) is 6.32. The molecule has 0 bridgehead atoms. The molecule has 1 unspecified atom stereocenters. The van der Waals surface area contributed by atoms with Crippen LogP contribution in [0.4, 0.5) is 4.39 Å². The van der Waals surface area contributed by atoms with Crippen molar-refractivity contribution in [2.45, 2.75) is 17.9 Å². The van der Waals surface area contributed by atoms with E-state index in [0.717, 1.165) is 11.3 Å². The molecule has 2 N–H and O–H groups in total. The summed E-state index contributed by atoms with van der Waals surface area (Å²) in [6.07, 6.45) is 1.42. The summed E-state index contributed by atoms with van der Waals surface area (Å²) in [6.45, 7) is 1.78. The lowest BCUT2D eigenvalue weighted by Crippen LogP contribution is -2.29. The van der Waals surface area contributed by atoms with Crippen molar-refractivity contribution in [2.75, 3.05) is 7.05 Å². The summed E-state index contributed by atoms with van der Waals surface area (Å²) >= 11 is 1.10. The number of aromatic nitrogens is 1. The Hall–Kier alpha value is -2.62. The first kappa shape index (κ1) is 20.1. The van der Waals surface area contributed by atoms with Gasteiger partial charge in [-0.2, -0.15) is 0 Å². The van der Waals surface area contributed by atoms with Crippen LogP contribution in [0.2, 0.25) is 0 Å². The van der Waals surface area contributed by atoms with Crippen LogP contribution in [0, 0.1) is 5.82 Å². The Kier molecular flexibility index (Phi) is 5.59. The SMILES string of the molecule is CC(c1cccc(S(N)(=O)=O)c1)N(C)C(=O)c1cnc(-c2ccccc2F)s1. The summed E-state index contributed by atoms with van der Waals surface area (Å²) < 4.78 is 37.1. The molecule has 146 valence electrons. The number of sulfonamides is 1. The second-order valence-corrected chi connectivity index (χ2v) is 8.81. The largest absolute Gasteiger partial charge is 0.334 e. The van der Waals surface area contributed by atoms with Crippen molar-refractivity contribution in [1.29, 1.82) is 0 Å². The first-order chi connectivity index (χ1) is 13.2. The van der Waals surface area contributed by atoms with E-state index in [4.69, 9.17) is 5.14 Å². The highest BCUT2D eigenvalue weighted by molar-refractivity contribution is 7.89. The second kappa shape index (κ2) is 7.78. The van der Waals surface area contributed by atoms with E-state index in [2.05, 4.69) is 4.98 Å². The molecule has 9 heteroatoms. The van der Waals surface area contributed by atoms with E-state index in [1.165, 1.54) is 29.3 Å². The number of benzene rings is 2. The van der Waals surface area contributed by atoms with Gasteiger partial charge in [-0.15, -0.1) is 11.3 Å². The van der Waals surface area contributed by atoms with Crippen LogP contribution >= 0.6 is 11.3 Å². The molecule has 3 rings (SSSR count). The van der Waals surface area contributed by atoms with Gasteiger partial charge in [0.1, 0.15) is 15.7 Å². The van der Waals surface area contributed by atoms with Crippen molar-refractivity contribution in [1.82, 2.24) is 9.88 Å². The predicted molar refractivity (Wildman–Crippen MR) is 106 cm³/mol. The minimum Gasteiger partial charge on any atom is -0.334 e. The molecule has 1 aromatic heterocycles. The third-order valence-electron chi connectivity index (χ3n) is 4.39. The van der Waals surface area contributed by atoms with Crippen molar-refractivity contribution >= 4 is 27.3 Å². The molecule has 0 aliphatic heterocycles. The van der Waals surface area contributed by atoms with Crippen LogP contribution in [0.15, 0.2) is 59.6 Å². The second-order valence-electron chi connectivity index (χ2n) is 6.22. The van der Waals surface area contributed by atoms with Gasteiger partial charge in [-0.05, 0) is 36.8 Å². The van der Waals surface area contributed by atoms with Gasteiger partial charge in [-0.3, -0.25) is 4.79 Å². The molecular weight excluding hydrogens is 401 g/mol. The Morgan fingerprint density at radius 2 is 1.93 bits per heavy atom. The predicted octanol–water partition coefficient (Wildman–Crippen LogP) is 3.43. The minimum absolute atomic E-state index is 0.0164. The number of nitrogens with zero attached hydrogens (tertiary/aromatic N) is 2. The number of primary sulfonamides is 1. The van der Waals surface area contributed by atoms with Gasteiger partial charge in [-0.1, -0.05) is 24.3 Å². The van der Waals surface area contributed by atoms with Crippen LogP contribution in [0.3, 0.4) is 0 Å². The summed E-state index contributed by atoms with van der Waals surface area (Å²) in [4.78, 5) is 18.8. The Bertz CT molecular complexity index is 1130. The van der Waals surface area contributed by atoms with Crippen molar-refractivity contribution < 1.29 is 17.6 Å². The van der Waals surface area contributed by atoms with Gasteiger partial charge in [0.25, 0.3) is 5.91 Å². The van der Waals surface area contributed by atoms with Crippen molar-refractivity contribution in [3.05, 3.63) is 71.0 Å². The zero-order valence-electron chi connectivity index (χ0n) is 15.2. The number of carbonyl (C=O) groups excluding carboxylic acids is 1. The number of rotatable bonds is 5. The zero-order valence-corrected chi connectivity index (χ0v) is 16.8. The van der Waals surface area contributed by atoms with Crippen molar-refractivity contribution in [2.24, 2.45) is 5.14 Å². The number of hydrogen-bond acceptors (Lipinski definition) is 5. The molecular formula is C19H18FN3O3S2. The van der Waals surface area contributed by atoms with Crippen LogP contribution in [0.5, 0.6) is 0 Å². The molecule has 0 aliphatic rings. The number of halogens is 1. The normalized spacial score (nSPS) is 12.6. The summed E-state index contributed by atoms with van der Waals surface area (Å²) in [5.74, 6) is -0.703. The van der Waals surface area contributed by atoms with E-state index in [-0.39, 0.29) is 10.8 Å². The maximum atomic E-state index is 13.9. The topological polar surface area (TPSA) is 93.4 Å². The fraction of sp³-hybridized carbons (Fsp3) is 0.158. The number of amides is 1. The molecule has 6 nitrogen and oxygen atoms in total. The van der Waals surface area contributed by atoms with E-state index >= 15 is 0 Å². The van der Waals surface area contributed by atoms with E-state index in [9.17, 15) is 17.6 Å². The van der Waals surface area contributed by atoms with Gasteiger partial charge in [-0.25, -0.2) is 22.9 Å². The Morgan fingerprint density at radius 3 is 2.61 bits per heavy atom. The lowest BCUT2D eigenvalue weighted by atomic mass is 10.1. The van der Waals surface area contributed by atoms with Crippen LogP contribution in [0.1, 0.15) is 28.2 Å².